The topological polar surface area (TPSA) is 135 Å². The molecule has 4 heterocycles. The van der Waals surface area contributed by atoms with E-state index in [9.17, 15) is 24.6 Å². The third kappa shape index (κ3) is 3.27. The Hall–Kier alpha value is -2.33. The number of carbonyl (C=O) groups is 3. The summed E-state index contributed by atoms with van der Waals surface area (Å²) in [4.78, 5) is 36.0. The zero-order valence-electron chi connectivity index (χ0n) is 17.9. The van der Waals surface area contributed by atoms with Gasteiger partial charge in [-0.2, -0.15) is 0 Å². The predicted molar refractivity (Wildman–Crippen MR) is 107 cm³/mol. The molecule has 4 saturated heterocycles. The molecule has 0 spiro atoms. The van der Waals surface area contributed by atoms with Crippen molar-refractivity contribution < 1.29 is 38.8 Å². The van der Waals surface area contributed by atoms with Crippen LogP contribution < -0.4 is 5.32 Å². The number of carbonyl (C=O) groups excluding carboxylic acids is 3. The fourth-order valence-corrected chi connectivity index (χ4v) is 4.82. The standard InChI is InChI=1S/C22H27NO8/c1-10(5-6-13(25)15-14(26)8-23-20(15)28)7-11(2)17-12(3)18-16(27)19-22(9-24,31-19)21(4,29-17)30-18/h5-7,11-12,17-19,24-25H,8-9H2,1-4H3,(H,23,28)/b6-5+,10-7+,15-13+/t11-,12?,17?,18?,19?,21?,22+/m1/s1. The highest BCUT2D eigenvalue weighted by Crippen LogP contribution is 2.57. The summed E-state index contributed by atoms with van der Waals surface area (Å²) in [6.07, 6.45) is 3.07. The second-order valence-electron chi connectivity index (χ2n) is 8.84. The lowest BCUT2D eigenvalue weighted by Crippen LogP contribution is -2.67. The molecular weight excluding hydrogens is 406 g/mol. The van der Waals surface area contributed by atoms with E-state index in [1.165, 1.54) is 6.08 Å². The van der Waals surface area contributed by atoms with Crippen LogP contribution in [0.4, 0.5) is 0 Å². The van der Waals surface area contributed by atoms with Crippen LogP contribution in [0.3, 0.4) is 0 Å². The summed E-state index contributed by atoms with van der Waals surface area (Å²) < 4.78 is 17.8. The Morgan fingerprint density at radius 3 is 2.58 bits per heavy atom. The van der Waals surface area contributed by atoms with Crippen LogP contribution in [0.15, 0.2) is 35.1 Å². The lowest BCUT2D eigenvalue weighted by Gasteiger charge is -2.51. The molecule has 31 heavy (non-hydrogen) atoms. The minimum atomic E-state index is -1.23. The average Bonchev–Trinajstić information content (AvgIpc) is 3.40. The Kier molecular flexibility index (Phi) is 5.20. The molecule has 3 N–H and O–H groups in total. The van der Waals surface area contributed by atoms with Crippen molar-refractivity contribution in [1.29, 1.82) is 0 Å². The number of fused-ring (bicyclic) bond motifs is 4. The van der Waals surface area contributed by atoms with Crippen molar-refractivity contribution in [1.82, 2.24) is 5.32 Å². The fraction of sp³-hybridized carbons (Fsp3) is 0.591. The lowest BCUT2D eigenvalue weighted by molar-refractivity contribution is -0.355. The monoisotopic (exact) mass is 433 g/mol. The van der Waals surface area contributed by atoms with Gasteiger partial charge in [0.1, 0.15) is 17.4 Å². The Bertz CT molecular complexity index is 918. The summed E-state index contributed by atoms with van der Waals surface area (Å²) in [5, 5.41) is 22.3. The molecule has 4 aliphatic heterocycles. The zero-order valence-corrected chi connectivity index (χ0v) is 17.9. The van der Waals surface area contributed by atoms with Crippen molar-refractivity contribution in [3.8, 4) is 0 Å². The molecule has 9 heteroatoms. The van der Waals surface area contributed by atoms with Crippen molar-refractivity contribution in [2.75, 3.05) is 13.2 Å². The lowest BCUT2D eigenvalue weighted by atomic mass is 9.78. The number of allylic oxidation sites excluding steroid dienone is 3. The highest BCUT2D eigenvalue weighted by Gasteiger charge is 2.78. The Morgan fingerprint density at radius 1 is 1.26 bits per heavy atom. The number of aliphatic hydroxyl groups is 2. The predicted octanol–water partition coefficient (Wildman–Crippen LogP) is 0.485. The number of nitrogens with one attached hydrogen (secondary N) is 1. The second kappa shape index (κ2) is 7.37. The van der Waals surface area contributed by atoms with Gasteiger partial charge in [-0.15, -0.1) is 0 Å². The van der Waals surface area contributed by atoms with Crippen LogP contribution in [0.5, 0.6) is 0 Å². The Balaban J connectivity index is 1.53. The average molecular weight is 433 g/mol. The number of epoxide rings is 1. The summed E-state index contributed by atoms with van der Waals surface area (Å²) >= 11 is 0. The van der Waals surface area contributed by atoms with Crippen molar-refractivity contribution in [2.45, 2.75) is 57.4 Å². The molecule has 0 aromatic heterocycles. The first kappa shape index (κ1) is 21.9. The molecule has 0 aromatic carbocycles. The Morgan fingerprint density at radius 2 is 1.97 bits per heavy atom. The maximum absolute atomic E-state index is 12.7. The van der Waals surface area contributed by atoms with E-state index >= 15 is 0 Å². The van der Waals surface area contributed by atoms with Crippen LogP contribution in [0.2, 0.25) is 0 Å². The largest absolute Gasteiger partial charge is 0.507 e. The molecule has 0 saturated carbocycles. The zero-order chi connectivity index (χ0) is 22.7. The van der Waals surface area contributed by atoms with Crippen LogP contribution in [-0.4, -0.2) is 70.5 Å². The van der Waals surface area contributed by atoms with Crippen molar-refractivity contribution >= 4 is 17.5 Å². The quantitative estimate of drug-likeness (QED) is 0.187. The highest BCUT2D eigenvalue weighted by molar-refractivity contribution is 6.25. The number of ether oxygens (including phenoxy) is 3. The Labute approximate surface area is 179 Å². The summed E-state index contributed by atoms with van der Waals surface area (Å²) in [7, 11) is 0. The molecule has 0 radical (unpaired) electrons. The number of aliphatic hydroxyl groups excluding tert-OH is 2. The summed E-state index contributed by atoms with van der Waals surface area (Å²) in [5.74, 6) is -3.20. The van der Waals surface area contributed by atoms with E-state index in [1.807, 2.05) is 26.8 Å². The van der Waals surface area contributed by atoms with E-state index in [2.05, 4.69) is 5.32 Å². The van der Waals surface area contributed by atoms with Gasteiger partial charge < -0.3 is 29.7 Å². The first-order valence-electron chi connectivity index (χ1n) is 10.3. The van der Waals surface area contributed by atoms with E-state index in [0.717, 1.165) is 5.57 Å². The highest BCUT2D eigenvalue weighted by atomic mass is 16.8. The van der Waals surface area contributed by atoms with Crippen molar-refractivity contribution in [2.24, 2.45) is 11.8 Å². The second-order valence-corrected chi connectivity index (χ2v) is 8.84. The number of hydrogen-bond acceptors (Lipinski definition) is 8. The molecule has 4 rings (SSSR count). The van der Waals surface area contributed by atoms with Crippen LogP contribution in [0.25, 0.3) is 0 Å². The van der Waals surface area contributed by atoms with Gasteiger partial charge in [0.25, 0.3) is 5.91 Å². The minimum absolute atomic E-state index is 0.116. The maximum Gasteiger partial charge on any atom is 0.259 e. The SMILES string of the molecule is CC(/C=C/C(O)=C1/C(=O)CNC1=O)=C\[C@@H](C)C1OC2(C)OC(C(=O)C3O[C@@]32CO)C1C. The number of Topliss-reactive ketones (excluding diaryl/α,β-unsaturated/α-hetero) is 2. The number of rotatable bonds is 5. The van der Waals surface area contributed by atoms with Gasteiger partial charge >= 0.3 is 0 Å². The molecule has 0 aliphatic carbocycles. The normalized spacial score (nSPS) is 42.5. The van der Waals surface area contributed by atoms with E-state index in [1.54, 1.807) is 13.0 Å². The third-order valence-corrected chi connectivity index (χ3v) is 6.67. The van der Waals surface area contributed by atoms with Gasteiger partial charge in [0.2, 0.25) is 5.79 Å². The number of ketones is 2. The van der Waals surface area contributed by atoms with Crippen LogP contribution in [0, 0.1) is 11.8 Å². The van der Waals surface area contributed by atoms with E-state index in [0.29, 0.717) is 0 Å². The first-order valence-corrected chi connectivity index (χ1v) is 10.3. The van der Waals surface area contributed by atoms with Gasteiger partial charge in [0.15, 0.2) is 23.3 Å². The molecule has 5 unspecified atom stereocenters. The summed E-state index contributed by atoms with van der Waals surface area (Å²) in [6, 6.07) is 0. The van der Waals surface area contributed by atoms with E-state index < -0.39 is 35.3 Å². The molecule has 7 atom stereocenters. The van der Waals surface area contributed by atoms with E-state index in [4.69, 9.17) is 14.2 Å². The molecule has 0 aromatic rings. The first-order chi connectivity index (χ1) is 14.5. The molecule has 1 amide bonds. The summed E-state index contributed by atoms with van der Waals surface area (Å²) in [6.45, 7) is 6.84. The van der Waals surface area contributed by atoms with Gasteiger partial charge in [-0.05, 0) is 19.9 Å². The molecule has 168 valence electrons. The molecule has 4 fully saturated rings. The van der Waals surface area contributed by atoms with Gasteiger partial charge in [0, 0.05) is 11.8 Å². The van der Waals surface area contributed by atoms with Crippen LogP contribution in [-0.2, 0) is 28.6 Å². The summed E-state index contributed by atoms with van der Waals surface area (Å²) in [5.41, 5.74) is -0.637. The van der Waals surface area contributed by atoms with Crippen molar-refractivity contribution in [3.63, 3.8) is 0 Å². The smallest absolute Gasteiger partial charge is 0.259 e. The maximum atomic E-state index is 12.7. The van der Waals surface area contributed by atoms with Crippen LogP contribution >= 0.6 is 0 Å². The van der Waals surface area contributed by atoms with Gasteiger partial charge in [-0.1, -0.05) is 31.6 Å². The fourth-order valence-electron chi connectivity index (χ4n) is 4.82. The van der Waals surface area contributed by atoms with Crippen LogP contribution in [0.1, 0.15) is 27.7 Å². The van der Waals surface area contributed by atoms with Gasteiger partial charge in [0.05, 0.1) is 19.3 Å². The van der Waals surface area contributed by atoms with Gasteiger partial charge in [-0.3, -0.25) is 14.4 Å². The van der Waals surface area contributed by atoms with Gasteiger partial charge in [-0.25, -0.2) is 0 Å². The molecule has 2 bridgehead atoms. The molecule has 4 aliphatic rings. The van der Waals surface area contributed by atoms with Crippen molar-refractivity contribution in [3.05, 3.63) is 35.1 Å². The third-order valence-electron chi connectivity index (χ3n) is 6.67. The minimum Gasteiger partial charge on any atom is -0.507 e. The van der Waals surface area contributed by atoms with E-state index in [-0.39, 0.29) is 48.2 Å². The molecular formula is C22H27NO8. The number of hydrogen-bond donors (Lipinski definition) is 3. The number of amides is 1. The molecule has 9 nitrogen and oxygen atoms in total.